The second-order valence-corrected chi connectivity index (χ2v) is 4.09. The lowest BCUT2D eigenvalue weighted by Crippen LogP contribution is -2.35. The zero-order valence-corrected chi connectivity index (χ0v) is 9.61. The summed E-state index contributed by atoms with van der Waals surface area (Å²) in [5, 5.41) is 13.5. The van der Waals surface area contributed by atoms with Gasteiger partial charge in [-0.1, -0.05) is 18.5 Å². The van der Waals surface area contributed by atoms with Crippen LogP contribution in [0.2, 0.25) is 5.02 Å². The quantitative estimate of drug-likeness (QED) is 0.834. The Kier molecular flexibility index (Phi) is 4.08. The van der Waals surface area contributed by atoms with Gasteiger partial charge in [-0.2, -0.15) is 0 Å². The van der Waals surface area contributed by atoms with Crippen molar-refractivity contribution >= 4 is 11.6 Å². The predicted molar refractivity (Wildman–Crippen MR) is 59.5 cm³/mol. The third-order valence-corrected chi connectivity index (χ3v) is 2.56. The molecule has 2 nitrogen and oxygen atoms in total. The molecule has 1 aromatic rings. The molecule has 1 rings (SSSR count). The number of aliphatic hydroxyl groups is 1. The highest BCUT2D eigenvalue weighted by molar-refractivity contribution is 6.31. The molecule has 0 bridgehead atoms. The van der Waals surface area contributed by atoms with Crippen LogP contribution in [0, 0.1) is 5.82 Å². The summed E-state index contributed by atoms with van der Waals surface area (Å²) in [6, 6.07) is 3.99. The summed E-state index contributed by atoms with van der Waals surface area (Å²) in [6.07, 6.45) is 0. The molecule has 0 saturated heterocycles. The third kappa shape index (κ3) is 3.16. The minimum Gasteiger partial charge on any atom is -0.384 e. The van der Waals surface area contributed by atoms with Crippen LogP contribution in [0.25, 0.3) is 0 Å². The van der Waals surface area contributed by atoms with Crippen LogP contribution >= 0.6 is 11.6 Å². The average molecular weight is 232 g/mol. The Balaban J connectivity index is 2.97. The normalized spacial score (nSPS) is 15.0. The largest absolute Gasteiger partial charge is 0.384 e. The van der Waals surface area contributed by atoms with Gasteiger partial charge < -0.3 is 10.4 Å². The molecule has 0 fully saturated rings. The summed E-state index contributed by atoms with van der Waals surface area (Å²) in [4.78, 5) is 0. The van der Waals surface area contributed by atoms with Gasteiger partial charge in [0.2, 0.25) is 0 Å². The lowest BCUT2D eigenvalue weighted by atomic mass is 9.96. The standard InChI is InChI=1S/C11H15ClFNO/c1-3-14-7-11(2,15)9-6-8(13)4-5-10(9)12/h4-6,14-15H,3,7H2,1-2H3. The first-order valence-electron chi connectivity index (χ1n) is 4.86. The molecule has 0 saturated carbocycles. The van der Waals surface area contributed by atoms with Crippen LogP contribution in [0.3, 0.4) is 0 Å². The molecule has 0 radical (unpaired) electrons. The molecule has 0 aromatic heterocycles. The molecule has 1 unspecified atom stereocenters. The Morgan fingerprint density at radius 3 is 2.80 bits per heavy atom. The first-order valence-corrected chi connectivity index (χ1v) is 5.24. The van der Waals surface area contributed by atoms with E-state index in [1.807, 2.05) is 6.92 Å². The first-order chi connectivity index (χ1) is 6.97. The number of halogens is 2. The zero-order chi connectivity index (χ0) is 11.5. The Hall–Kier alpha value is -0.640. The maximum absolute atomic E-state index is 13.0. The molecule has 0 aliphatic carbocycles. The van der Waals surface area contributed by atoms with E-state index in [0.717, 1.165) is 6.54 Å². The monoisotopic (exact) mass is 231 g/mol. The Bertz CT molecular complexity index is 341. The molecular weight excluding hydrogens is 217 g/mol. The number of nitrogens with one attached hydrogen (secondary N) is 1. The molecule has 4 heteroatoms. The van der Waals surface area contributed by atoms with Crippen LogP contribution in [0.15, 0.2) is 18.2 Å². The van der Waals surface area contributed by atoms with Crippen molar-refractivity contribution in [1.82, 2.24) is 5.32 Å². The highest BCUT2D eigenvalue weighted by atomic mass is 35.5. The number of rotatable bonds is 4. The molecule has 0 amide bonds. The summed E-state index contributed by atoms with van der Waals surface area (Å²) in [6.45, 7) is 4.62. The molecule has 2 N–H and O–H groups in total. The minimum absolute atomic E-state index is 0.340. The summed E-state index contributed by atoms with van der Waals surface area (Å²) in [7, 11) is 0. The summed E-state index contributed by atoms with van der Waals surface area (Å²) in [5.41, 5.74) is -0.750. The fourth-order valence-corrected chi connectivity index (χ4v) is 1.69. The second-order valence-electron chi connectivity index (χ2n) is 3.68. The second kappa shape index (κ2) is 4.92. The molecule has 84 valence electrons. The third-order valence-electron chi connectivity index (χ3n) is 2.23. The van der Waals surface area contributed by atoms with Crippen molar-refractivity contribution in [1.29, 1.82) is 0 Å². The lowest BCUT2D eigenvalue weighted by molar-refractivity contribution is 0.0574. The highest BCUT2D eigenvalue weighted by Crippen LogP contribution is 2.28. The maximum atomic E-state index is 13.0. The lowest BCUT2D eigenvalue weighted by Gasteiger charge is -2.25. The summed E-state index contributed by atoms with van der Waals surface area (Å²) in [5.74, 6) is -0.397. The summed E-state index contributed by atoms with van der Waals surface area (Å²) >= 11 is 5.91. The maximum Gasteiger partial charge on any atom is 0.123 e. The molecular formula is C11H15ClFNO. The van der Waals surface area contributed by atoms with Crippen molar-refractivity contribution in [3.8, 4) is 0 Å². The van der Waals surface area contributed by atoms with E-state index in [1.54, 1.807) is 6.92 Å². The van der Waals surface area contributed by atoms with Gasteiger partial charge in [0.1, 0.15) is 11.4 Å². The van der Waals surface area contributed by atoms with Gasteiger partial charge in [-0.25, -0.2) is 4.39 Å². The Morgan fingerprint density at radius 1 is 1.53 bits per heavy atom. The fraction of sp³-hybridized carbons (Fsp3) is 0.455. The van der Waals surface area contributed by atoms with Crippen LogP contribution in [0.5, 0.6) is 0 Å². The molecule has 0 aliphatic rings. The summed E-state index contributed by atoms with van der Waals surface area (Å²) < 4.78 is 13.0. The van der Waals surface area contributed by atoms with Crippen molar-refractivity contribution in [2.45, 2.75) is 19.4 Å². The van der Waals surface area contributed by atoms with Gasteiger partial charge in [0, 0.05) is 17.1 Å². The number of hydrogen-bond donors (Lipinski definition) is 2. The van der Waals surface area contributed by atoms with Crippen LogP contribution in [-0.2, 0) is 5.60 Å². The van der Waals surface area contributed by atoms with Crippen LogP contribution < -0.4 is 5.32 Å². The van der Waals surface area contributed by atoms with Gasteiger partial charge in [-0.15, -0.1) is 0 Å². The molecule has 0 aliphatic heterocycles. The Morgan fingerprint density at radius 2 is 2.20 bits per heavy atom. The van der Waals surface area contributed by atoms with Gasteiger partial charge in [-0.05, 0) is 31.7 Å². The van der Waals surface area contributed by atoms with E-state index >= 15 is 0 Å². The Labute approximate surface area is 94.1 Å². The molecule has 1 atom stereocenters. The van der Waals surface area contributed by atoms with E-state index in [2.05, 4.69) is 5.32 Å². The topological polar surface area (TPSA) is 32.3 Å². The predicted octanol–water partition coefficient (Wildman–Crippen LogP) is 2.30. The van der Waals surface area contributed by atoms with Crippen molar-refractivity contribution in [3.05, 3.63) is 34.6 Å². The smallest absolute Gasteiger partial charge is 0.123 e. The van der Waals surface area contributed by atoms with E-state index in [9.17, 15) is 9.50 Å². The highest BCUT2D eigenvalue weighted by Gasteiger charge is 2.25. The zero-order valence-electron chi connectivity index (χ0n) is 8.85. The van der Waals surface area contributed by atoms with E-state index in [0.29, 0.717) is 17.1 Å². The van der Waals surface area contributed by atoms with Crippen molar-refractivity contribution in [2.24, 2.45) is 0 Å². The van der Waals surface area contributed by atoms with Crippen LogP contribution in [-0.4, -0.2) is 18.2 Å². The van der Waals surface area contributed by atoms with E-state index < -0.39 is 11.4 Å². The minimum atomic E-state index is -1.16. The van der Waals surface area contributed by atoms with Crippen molar-refractivity contribution in [2.75, 3.05) is 13.1 Å². The van der Waals surface area contributed by atoms with Gasteiger partial charge in [0.25, 0.3) is 0 Å². The van der Waals surface area contributed by atoms with Crippen LogP contribution in [0.4, 0.5) is 4.39 Å². The molecule has 0 heterocycles. The van der Waals surface area contributed by atoms with Crippen molar-refractivity contribution in [3.63, 3.8) is 0 Å². The molecule has 1 aromatic carbocycles. The molecule has 0 spiro atoms. The van der Waals surface area contributed by atoms with Gasteiger partial charge >= 0.3 is 0 Å². The van der Waals surface area contributed by atoms with Gasteiger partial charge in [0.15, 0.2) is 0 Å². The van der Waals surface area contributed by atoms with E-state index in [-0.39, 0.29) is 0 Å². The molecule has 15 heavy (non-hydrogen) atoms. The SMILES string of the molecule is CCNCC(C)(O)c1cc(F)ccc1Cl. The van der Waals surface area contributed by atoms with E-state index in [4.69, 9.17) is 11.6 Å². The number of hydrogen-bond acceptors (Lipinski definition) is 2. The first kappa shape index (κ1) is 12.4. The van der Waals surface area contributed by atoms with Crippen molar-refractivity contribution < 1.29 is 9.50 Å². The van der Waals surface area contributed by atoms with E-state index in [1.165, 1.54) is 18.2 Å². The number of benzene rings is 1. The average Bonchev–Trinajstić information content (AvgIpc) is 2.18. The number of likely N-dealkylation sites (N-methyl/N-ethyl adjacent to an activating group) is 1. The van der Waals surface area contributed by atoms with Gasteiger partial charge in [-0.3, -0.25) is 0 Å². The fourth-order valence-electron chi connectivity index (χ4n) is 1.37. The van der Waals surface area contributed by atoms with Gasteiger partial charge in [0.05, 0.1) is 0 Å². The van der Waals surface area contributed by atoms with Crippen LogP contribution in [0.1, 0.15) is 19.4 Å².